The number of thioether (sulfide) groups is 1. The van der Waals surface area contributed by atoms with Gasteiger partial charge in [-0.05, 0) is 30.7 Å². The van der Waals surface area contributed by atoms with E-state index in [-0.39, 0.29) is 23.3 Å². The van der Waals surface area contributed by atoms with Crippen LogP contribution in [0, 0.1) is 0 Å². The lowest BCUT2D eigenvalue weighted by atomic mass is 10.0. The SMILES string of the molecule is CC1C=C(C(=O)OCC(Cl)(Cl)Cl)N2C(=O)C(NC(=O)Cc3cccc(Cl)c3)[C@@H]2S1. The van der Waals surface area contributed by atoms with Crippen LogP contribution in [0.15, 0.2) is 36.0 Å². The largest absolute Gasteiger partial charge is 0.456 e. The van der Waals surface area contributed by atoms with E-state index in [0.717, 1.165) is 5.56 Å². The van der Waals surface area contributed by atoms with Crippen molar-refractivity contribution in [1.82, 2.24) is 10.2 Å². The number of hydrogen-bond donors (Lipinski definition) is 1. The van der Waals surface area contributed by atoms with E-state index in [1.165, 1.54) is 16.7 Å². The van der Waals surface area contributed by atoms with Gasteiger partial charge in [0.05, 0.1) is 6.42 Å². The second-order valence-corrected chi connectivity index (χ2v) is 11.0. The van der Waals surface area contributed by atoms with Gasteiger partial charge in [0.2, 0.25) is 9.70 Å². The number of carbonyl (C=O) groups is 3. The Bertz CT molecular complexity index is 874. The number of hydrogen-bond acceptors (Lipinski definition) is 5. The fourth-order valence-electron chi connectivity index (χ4n) is 3.00. The van der Waals surface area contributed by atoms with Crippen molar-refractivity contribution in [2.75, 3.05) is 6.61 Å². The Morgan fingerprint density at radius 3 is 2.69 bits per heavy atom. The maximum atomic E-state index is 12.6. The molecule has 0 bridgehead atoms. The molecule has 0 radical (unpaired) electrons. The molecule has 156 valence electrons. The molecule has 3 atom stereocenters. The van der Waals surface area contributed by atoms with Crippen LogP contribution in [-0.2, 0) is 25.5 Å². The van der Waals surface area contributed by atoms with Crippen LogP contribution in [0.3, 0.4) is 0 Å². The molecular formula is C18H16Cl4N2O4S. The van der Waals surface area contributed by atoms with Crippen molar-refractivity contribution in [3.63, 3.8) is 0 Å². The molecule has 1 aromatic carbocycles. The number of benzene rings is 1. The highest BCUT2D eigenvalue weighted by Crippen LogP contribution is 2.41. The number of nitrogens with one attached hydrogen (secondary N) is 1. The summed E-state index contributed by atoms with van der Waals surface area (Å²) in [7, 11) is 0. The van der Waals surface area contributed by atoms with E-state index in [0.29, 0.717) is 5.02 Å². The summed E-state index contributed by atoms with van der Waals surface area (Å²) < 4.78 is 3.25. The van der Waals surface area contributed by atoms with Gasteiger partial charge in [0.15, 0.2) is 0 Å². The number of amides is 2. The third-order valence-electron chi connectivity index (χ3n) is 4.20. The number of alkyl halides is 3. The lowest BCUT2D eigenvalue weighted by molar-refractivity contribution is -0.152. The number of β-lactam (4-membered cyclic amide) rings is 1. The molecule has 0 aromatic heterocycles. The van der Waals surface area contributed by atoms with E-state index >= 15 is 0 Å². The number of carbonyl (C=O) groups excluding carboxylic acids is 3. The van der Waals surface area contributed by atoms with Crippen molar-refractivity contribution >= 4 is 75.9 Å². The maximum absolute atomic E-state index is 12.6. The Labute approximate surface area is 191 Å². The summed E-state index contributed by atoms with van der Waals surface area (Å²) >= 11 is 24.2. The molecule has 3 rings (SSSR count). The smallest absolute Gasteiger partial charge is 0.354 e. The molecule has 1 aromatic rings. The van der Waals surface area contributed by atoms with Crippen molar-refractivity contribution in [2.45, 2.75) is 33.8 Å². The van der Waals surface area contributed by atoms with Crippen LogP contribution in [0.2, 0.25) is 5.02 Å². The lowest BCUT2D eigenvalue weighted by Gasteiger charge is -2.49. The molecule has 1 saturated heterocycles. The number of fused-ring (bicyclic) bond motifs is 1. The number of ether oxygens (including phenoxy) is 1. The molecule has 6 nitrogen and oxygen atoms in total. The Morgan fingerprint density at radius 1 is 1.31 bits per heavy atom. The highest BCUT2D eigenvalue weighted by molar-refractivity contribution is 8.00. The van der Waals surface area contributed by atoms with Crippen molar-refractivity contribution in [3.05, 3.63) is 46.6 Å². The van der Waals surface area contributed by atoms with E-state index in [1.54, 1.807) is 30.3 Å². The minimum absolute atomic E-state index is 0.0769. The quantitative estimate of drug-likeness (QED) is 0.383. The third-order valence-corrected chi connectivity index (χ3v) is 6.09. The fourth-order valence-corrected chi connectivity index (χ4v) is 4.70. The molecule has 2 aliphatic heterocycles. The van der Waals surface area contributed by atoms with Gasteiger partial charge in [-0.2, -0.15) is 0 Å². The van der Waals surface area contributed by atoms with Crippen LogP contribution in [-0.4, -0.2) is 49.7 Å². The molecule has 1 fully saturated rings. The van der Waals surface area contributed by atoms with Crippen LogP contribution in [0.4, 0.5) is 0 Å². The molecule has 2 heterocycles. The first kappa shape index (κ1) is 22.6. The third kappa shape index (κ3) is 5.52. The standard InChI is InChI=1S/C18H16Cl4N2O4S/c1-9-5-12(17(27)28-8-18(20,21)22)24-15(26)14(16(24)29-9)23-13(25)7-10-3-2-4-11(19)6-10/h2-6,9,14,16H,7-8H2,1H3,(H,23,25)/t9?,14?,16-/m0/s1. The molecular weight excluding hydrogens is 482 g/mol. The Kier molecular flexibility index (Phi) is 6.95. The van der Waals surface area contributed by atoms with Gasteiger partial charge in [-0.3, -0.25) is 14.5 Å². The molecule has 2 aliphatic rings. The highest BCUT2D eigenvalue weighted by Gasteiger charge is 2.54. The minimum atomic E-state index is -1.75. The molecule has 2 amide bonds. The minimum Gasteiger partial charge on any atom is -0.456 e. The lowest BCUT2D eigenvalue weighted by Crippen LogP contribution is -2.70. The van der Waals surface area contributed by atoms with Crippen LogP contribution in [0.1, 0.15) is 12.5 Å². The zero-order valence-corrected chi connectivity index (χ0v) is 18.9. The van der Waals surface area contributed by atoms with Crippen molar-refractivity contribution in [3.8, 4) is 0 Å². The van der Waals surface area contributed by atoms with Crippen LogP contribution in [0.25, 0.3) is 0 Å². The van der Waals surface area contributed by atoms with Gasteiger partial charge in [-0.25, -0.2) is 4.79 Å². The summed E-state index contributed by atoms with van der Waals surface area (Å²) in [6, 6.07) is 6.19. The first-order chi connectivity index (χ1) is 13.5. The summed E-state index contributed by atoms with van der Waals surface area (Å²) in [4.78, 5) is 38.6. The number of nitrogens with zero attached hydrogens (tertiary/aromatic N) is 1. The van der Waals surface area contributed by atoms with E-state index in [1.807, 2.05) is 6.92 Å². The van der Waals surface area contributed by atoms with E-state index < -0.39 is 33.7 Å². The van der Waals surface area contributed by atoms with Crippen molar-refractivity contribution in [2.24, 2.45) is 0 Å². The summed E-state index contributed by atoms with van der Waals surface area (Å²) in [6.07, 6.45) is 1.70. The predicted molar refractivity (Wildman–Crippen MR) is 114 cm³/mol. The molecule has 29 heavy (non-hydrogen) atoms. The number of rotatable bonds is 5. The van der Waals surface area contributed by atoms with Gasteiger partial charge >= 0.3 is 5.97 Å². The average Bonchev–Trinajstić information content (AvgIpc) is 2.62. The van der Waals surface area contributed by atoms with Crippen molar-refractivity contribution < 1.29 is 19.1 Å². The van der Waals surface area contributed by atoms with E-state index in [9.17, 15) is 14.4 Å². The van der Waals surface area contributed by atoms with Gasteiger partial charge in [-0.1, -0.05) is 58.5 Å². The highest BCUT2D eigenvalue weighted by atomic mass is 35.6. The first-order valence-electron chi connectivity index (χ1n) is 8.53. The predicted octanol–water partition coefficient (Wildman–Crippen LogP) is 3.47. The Balaban J connectivity index is 1.64. The summed E-state index contributed by atoms with van der Waals surface area (Å²) in [5, 5.41) is 2.77. The fraction of sp³-hybridized carbons (Fsp3) is 0.389. The van der Waals surface area contributed by atoms with Gasteiger partial charge < -0.3 is 10.1 Å². The van der Waals surface area contributed by atoms with Gasteiger partial charge in [0.1, 0.15) is 23.7 Å². The molecule has 11 heteroatoms. The van der Waals surface area contributed by atoms with Crippen LogP contribution < -0.4 is 5.32 Å². The average molecular weight is 498 g/mol. The molecule has 0 saturated carbocycles. The van der Waals surface area contributed by atoms with Gasteiger partial charge in [0, 0.05) is 10.3 Å². The monoisotopic (exact) mass is 496 g/mol. The second-order valence-electron chi connectivity index (χ2n) is 6.54. The second kappa shape index (κ2) is 8.94. The molecule has 0 spiro atoms. The van der Waals surface area contributed by atoms with Crippen LogP contribution >= 0.6 is 58.2 Å². The summed E-state index contributed by atoms with van der Waals surface area (Å²) in [5.41, 5.74) is 0.819. The zero-order chi connectivity index (χ0) is 21.3. The first-order valence-corrected chi connectivity index (χ1v) is 11.0. The topological polar surface area (TPSA) is 75.7 Å². The summed E-state index contributed by atoms with van der Waals surface area (Å²) in [5.74, 6) is -1.47. The zero-order valence-electron chi connectivity index (χ0n) is 15.0. The van der Waals surface area contributed by atoms with Gasteiger partial charge in [-0.15, -0.1) is 11.8 Å². The maximum Gasteiger partial charge on any atom is 0.354 e. The van der Waals surface area contributed by atoms with Gasteiger partial charge in [0.25, 0.3) is 5.91 Å². The summed E-state index contributed by atoms with van der Waals surface area (Å²) in [6.45, 7) is 1.43. The molecule has 2 unspecified atom stereocenters. The Hall–Kier alpha value is -1.12. The number of esters is 1. The number of halogens is 4. The van der Waals surface area contributed by atoms with E-state index in [4.69, 9.17) is 51.1 Å². The molecule has 0 aliphatic carbocycles. The molecule has 1 N–H and O–H groups in total. The normalized spacial score (nSPS) is 23.6. The Morgan fingerprint density at radius 2 is 2.03 bits per heavy atom. The van der Waals surface area contributed by atoms with E-state index in [2.05, 4.69) is 5.32 Å². The van der Waals surface area contributed by atoms with Crippen molar-refractivity contribution in [1.29, 1.82) is 0 Å². The van der Waals surface area contributed by atoms with Crippen LogP contribution in [0.5, 0.6) is 0 Å².